The van der Waals surface area contributed by atoms with E-state index in [9.17, 15) is 9.90 Å². The Hall–Kier alpha value is -3.07. The Morgan fingerprint density at radius 2 is 1.86 bits per heavy atom. The Labute approximate surface area is 252 Å². The van der Waals surface area contributed by atoms with Gasteiger partial charge in [0.1, 0.15) is 5.75 Å². The molecule has 4 aromatic rings. The number of thiophene rings is 1. The molecule has 42 heavy (non-hydrogen) atoms. The number of aliphatic hydroxyl groups is 1. The first-order chi connectivity index (χ1) is 20.5. The first-order valence-corrected chi connectivity index (χ1v) is 15.8. The summed E-state index contributed by atoms with van der Waals surface area (Å²) in [5.41, 5.74) is 5.99. The van der Waals surface area contributed by atoms with Gasteiger partial charge in [-0.15, -0.1) is 11.3 Å². The fourth-order valence-electron chi connectivity index (χ4n) is 6.29. The highest BCUT2D eigenvalue weighted by Gasteiger charge is 2.25. The number of carbonyl (C=O) groups is 1. The molecule has 3 aromatic carbocycles. The van der Waals surface area contributed by atoms with Gasteiger partial charge in [-0.3, -0.25) is 14.6 Å². The van der Waals surface area contributed by atoms with Crippen LogP contribution in [-0.2, 0) is 17.7 Å². The Bertz CT molecular complexity index is 1540. The van der Waals surface area contributed by atoms with Crippen LogP contribution in [0, 0.1) is 6.92 Å². The van der Waals surface area contributed by atoms with E-state index in [1.807, 2.05) is 18.2 Å². The van der Waals surface area contributed by atoms with Crippen LogP contribution in [0.4, 0.5) is 0 Å². The van der Waals surface area contributed by atoms with Crippen molar-refractivity contribution in [3.8, 4) is 16.2 Å². The minimum absolute atomic E-state index is 0.0180. The van der Waals surface area contributed by atoms with Crippen molar-refractivity contribution >= 4 is 27.2 Å². The van der Waals surface area contributed by atoms with Gasteiger partial charge in [0, 0.05) is 63.9 Å². The van der Waals surface area contributed by atoms with Crippen LogP contribution in [0.5, 0.6) is 5.75 Å². The van der Waals surface area contributed by atoms with E-state index >= 15 is 0 Å². The zero-order valence-corrected chi connectivity index (χ0v) is 25.4. The van der Waals surface area contributed by atoms with Gasteiger partial charge in [0.15, 0.2) is 5.78 Å². The highest BCUT2D eigenvalue weighted by atomic mass is 32.1. The molecule has 1 aromatic heterocycles. The fraction of sp³-hybridized carbons (Fsp3) is 0.400. The van der Waals surface area contributed by atoms with Crippen LogP contribution < -0.4 is 4.74 Å². The van der Waals surface area contributed by atoms with Gasteiger partial charge in [-0.2, -0.15) is 0 Å². The molecule has 220 valence electrons. The molecule has 0 radical (unpaired) electrons. The predicted octanol–water partition coefficient (Wildman–Crippen LogP) is 5.95. The first-order valence-electron chi connectivity index (χ1n) is 15.0. The number of hydrogen-bond acceptors (Lipinski definition) is 7. The molecule has 2 saturated heterocycles. The van der Waals surface area contributed by atoms with E-state index in [-0.39, 0.29) is 12.4 Å². The molecular formula is C35H40N2O4S. The summed E-state index contributed by atoms with van der Waals surface area (Å²) < 4.78 is 12.4. The Morgan fingerprint density at radius 1 is 1.05 bits per heavy atom. The lowest BCUT2D eigenvalue weighted by Gasteiger charge is -2.27. The molecule has 1 N–H and O–H groups in total. The van der Waals surface area contributed by atoms with Crippen LogP contribution in [0.15, 0.2) is 60.7 Å². The molecule has 0 unspecified atom stereocenters. The van der Waals surface area contributed by atoms with Crippen LogP contribution >= 0.6 is 11.3 Å². The molecular weight excluding hydrogens is 544 g/mol. The summed E-state index contributed by atoms with van der Waals surface area (Å²) in [7, 11) is 1.68. The summed E-state index contributed by atoms with van der Waals surface area (Å²) in [5, 5.41) is 10.7. The molecule has 1 atom stereocenters. The van der Waals surface area contributed by atoms with Crippen molar-refractivity contribution in [1.29, 1.82) is 0 Å². The van der Waals surface area contributed by atoms with Crippen molar-refractivity contribution in [3.63, 3.8) is 0 Å². The number of fused-ring (bicyclic) bond motifs is 1. The number of likely N-dealkylation sites (tertiary alicyclic amines) is 1. The number of nitrogens with zero attached hydrogens (tertiary/aromatic N) is 2. The molecule has 2 aliphatic heterocycles. The number of aliphatic hydroxyl groups excluding tert-OH is 1. The molecule has 0 saturated carbocycles. The number of morpholine rings is 1. The molecule has 2 fully saturated rings. The first kappa shape index (κ1) is 29.0. The lowest BCUT2D eigenvalue weighted by atomic mass is 9.95. The maximum Gasteiger partial charge on any atom is 0.195 e. The zero-order chi connectivity index (χ0) is 29.1. The van der Waals surface area contributed by atoms with Gasteiger partial charge in [0.25, 0.3) is 0 Å². The Balaban J connectivity index is 1.29. The van der Waals surface area contributed by atoms with E-state index < -0.39 is 0 Å². The van der Waals surface area contributed by atoms with Crippen LogP contribution in [-0.4, -0.2) is 79.8 Å². The lowest BCUT2D eigenvalue weighted by molar-refractivity contribution is 0.0339. The second-order valence-electron chi connectivity index (χ2n) is 11.5. The van der Waals surface area contributed by atoms with E-state index in [1.54, 1.807) is 18.4 Å². The maximum atomic E-state index is 14.2. The molecule has 0 spiro atoms. The normalized spacial score (nSPS) is 18.1. The number of carbonyl (C=O) groups excluding carboxylic acids is 1. The third-order valence-electron chi connectivity index (χ3n) is 8.73. The average molecular weight is 585 g/mol. The molecule has 3 heterocycles. The third-order valence-corrected chi connectivity index (χ3v) is 9.93. The Kier molecular flexibility index (Phi) is 9.03. The molecule has 2 aliphatic rings. The highest BCUT2D eigenvalue weighted by molar-refractivity contribution is 7.22. The van der Waals surface area contributed by atoms with Crippen molar-refractivity contribution in [2.75, 3.05) is 53.1 Å². The fourth-order valence-corrected chi connectivity index (χ4v) is 7.59. The number of methoxy groups -OCH3 is 1. The van der Waals surface area contributed by atoms with E-state index in [0.717, 1.165) is 103 Å². The van der Waals surface area contributed by atoms with Crippen molar-refractivity contribution in [2.24, 2.45) is 0 Å². The van der Waals surface area contributed by atoms with Crippen molar-refractivity contribution in [1.82, 2.24) is 9.80 Å². The maximum absolute atomic E-state index is 14.2. The van der Waals surface area contributed by atoms with Gasteiger partial charge in [0.05, 0.1) is 26.9 Å². The van der Waals surface area contributed by atoms with Crippen LogP contribution in [0.1, 0.15) is 45.5 Å². The molecule has 6 nitrogen and oxygen atoms in total. The summed E-state index contributed by atoms with van der Waals surface area (Å²) in [5.74, 6) is 0.763. The molecule has 0 aliphatic carbocycles. The second kappa shape index (κ2) is 13.1. The largest absolute Gasteiger partial charge is 0.496 e. The van der Waals surface area contributed by atoms with Gasteiger partial charge in [0.2, 0.25) is 0 Å². The number of benzene rings is 3. The smallest absolute Gasteiger partial charge is 0.195 e. The number of rotatable bonds is 10. The predicted molar refractivity (Wildman–Crippen MR) is 170 cm³/mol. The SMILES string of the molecule is COc1cc(C(=O)c2c(-c3ccc(CCN4CCC[C@H]4CO)cc3)sc3cc(C)ccc23)ccc1CN1CCOCC1. The second-order valence-corrected chi connectivity index (χ2v) is 12.6. The molecule has 0 bridgehead atoms. The van der Waals surface area contributed by atoms with Gasteiger partial charge in [-0.05, 0) is 61.6 Å². The summed E-state index contributed by atoms with van der Waals surface area (Å²) >= 11 is 1.69. The molecule has 0 amide bonds. The summed E-state index contributed by atoms with van der Waals surface area (Å²) in [4.78, 5) is 20.0. The average Bonchev–Trinajstić information content (AvgIpc) is 3.64. The quantitative estimate of drug-likeness (QED) is 0.233. The van der Waals surface area contributed by atoms with Gasteiger partial charge >= 0.3 is 0 Å². The zero-order valence-electron chi connectivity index (χ0n) is 24.6. The summed E-state index contributed by atoms with van der Waals surface area (Å²) in [6.45, 7) is 8.42. The van der Waals surface area contributed by atoms with Gasteiger partial charge in [-0.1, -0.05) is 48.5 Å². The van der Waals surface area contributed by atoms with Gasteiger partial charge in [-0.25, -0.2) is 0 Å². The Morgan fingerprint density at radius 3 is 2.62 bits per heavy atom. The van der Waals surface area contributed by atoms with E-state index in [0.29, 0.717) is 11.6 Å². The standard InChI is InChI=1S/C35H40N2O4S/c1-24-5-12-30-32(20-24)42-35(26-8-6-25(7-9-26)13-15-37-14-3-4-29(37)23-38)33(30)34(39)27-10-11-28(31(21-27)40-2)22-36-16-18-41-19-17-36/h5-12,20-21,29,38H,3-4,13-19,22-23H2,1-2H3/t29-/m0/s1. The number of ketones is 1. The van der Waals surface area contributed by atoms with Crippen LogP contribution in [0.3, 0.4) is 0 Å². The van der Waals surface area contributed by atoms with Crippen LogP contribution in [0.25, 0.3) is 20.5 Å². The van der Waals surface area contributed by atoms with Gasteiger partial charge < -0.3 is 14.6 Å². The number of aryl methyl sites for hydroxylation is 1. The minimum atomic E-state index is 0.0180. The number of ether oxygens (including phenoxy) is 2. The monoisotopic (exact) mass is 584 g/mol. The van der Waals surface area contributed by atoms with Crippen molar-refractivity contribution in [2.45, 2.75) is 38.8 Å². The van der Waals surface area contributed by atoms with Crippen molar-refractivity contribution < 1.29 is 19.4 Å². The van der Waals surface area contributed by atoms with E-state index in [2.05, 4.69) is 59.2 Å². The molecule has 7 heteroatoms. The lowest BCUT2D eigenvalue weighted by Crippen LogP contribution is -2.35. The van der Waals surface area contributed by atoms with Crippen molar-refractivity contribution in [3.05, 3.63) is 88.5 Å². The number of hydrogen-bond donors (Lipinski definition) is 1. The summed E-state index contributed by atoms with van der Waals surface area (Å²) in [6, 6.07) is 21.2. The highest BCUT2D eigenvalue weighted by Crippen LogP contribution is 2.41. The van der Waals surface area contributed by atoms with Crippen LogP contribution in [0.2, 0.25) is 0 Å². The topological polar surface area (TPSA) is 62.2 Å². The minimum Gasteiger partial charge on any atom is -0.496 e. The summed E-state index contributed by atoms with van der Waals surface area (Å²) in [6.07, 6.45) is 3.19. The van der Waals surface area contributed by atoms with E-state index in [1.165, 1.54) is 11.1 Å². The van der Waals surface area contributed by atoms with E-state index in [4.69, 9.17) is 9.47 Å². The molecule has 6 rings (SSSR count). The third kappa shape index (κ3) is 6.17.